The molecule has 0 nitrogen and oxygen atoms in total. The molecule has 0 aliphatic rings. The number of aryl methyl sites for hydroxylation is 1. The van der Waals surface area contributed by atoms with Crippen LogP contribution in [0.25, 0.3) is 43.8 Å². The number of hydrogen-bond acceptors (Lipinski definition) is 0. The second-order valence-corrected chi connectivity index (χ2v) is 30.4. The Morgan fingerprint density at radius 3 is 1.45 bits per heavy atom. The van der Waals surface area contributed by atoms with Gasteiger partial charge in [-0.2, -0.15) is 12.1 Å². The molecule has 2 radical (unpaired) electrons. The fraction of sp³-hybridized carbons (Fsp3) is 0.333. The van der Waals surface area contributed by atoms with E-state index in [1.54, 1.807) is 0 Å². The molecule has 0 N–H and O–H groups in total. The van der Waals surface area contributed by atoms with Gasteiger partial charge in [-0.1, -0.05) is 162 Å². The zero-order valence-corrected chi connectivity index (χ0v) is 39.8. The number of rotatable bonds is 8. The monoisotopic (exact) mass is 842 g/mol. The third-order valence-corrected chi connectivity index (χ3v) is 13.5. The molecular formula is C45H58Cl2Si3Zr. The summed E-state index contributed by atoms with van der Waals surface area (Å²) in [5.41, 5.74) is 8.30. The summed E-state index contributed by atoms with van der Waals surface area (Å²) < 4.78 is 0. The van der Waals surface area contributed by atoms with E-state index in [0.29, 0.717) is 5.92 Å². The van der Waals surface area contributed by atoms with Gasteiger partial charge in [-0.3, -0.25) is 0 Å². The molecule has 51 heavy (non-hydrogen) atoms. The summed E-state index contributed by atoms with van der Waals surface area (Å²) in [7, 11) is 8.51. The Labute approximate surface area is 333 Å². The average Bonchev–Trinajstić information content (AvgIpc) is 3.74. The zero-order valence-electron chi connectivity index (χ0n) is 32.8. The average molecular weight is 845 g/mol. The van der Waals surface area contributed by atoms with E-state index in [9.17, 15) is 0 Å². The van der Waals surface area contributed by atoms with Gasteiger partial charge in [0.05, 0.1) is 16.1 Å². The predicted molar refractivity (Wildman–Crippen MR) is 238 cm³/mol. The minimum atomic E-state index is -1.23. The molecule has 0 saturated heterocycles. The quantitative estimate of drug-likeness (QED) is 0.106. The topological polar surface area (TPSA) is 0 Å². The van der Waals surface area contributed by atoms with E-state index in [1.807, 2.05) is 0 Å². The van der Waals surface area contributed by atoms with Crippen molar-refractivity contribution >= 4 is 74.6 Å². The number of hydrogen-bond donors (Lipinski definition) is 0. The molecule has 268 valence electrons. The van der Waals surface area contributed by atoms with Crippen LogP contribution < -0.4 is 10.4 Å². The van der Waals surface area contributed by atoms with Crippen LogP contribution in [-0.2, 0) is 27.3 Å². The van der Waals surface area contributed by atoms with Gasteiger partial charge in [-0.25, -0.2) is 0 Å². The molecule has 1 unspecified atom stereocenters. The van der Waals surface area contributed by atoms with Gasteiger partial charge < -0.3 is 0 Å². The van der Waals surface area contributed by atoms with Gasteiger partial charge in [0.25, 0.3) is 0 Å². The molecule has 0 heterocycles. The maximum absolute atomic E-state index is 4.93. The fourth-order valence-corrected chi connectivity index (χ4v) is 8.78. The van der Waals surface area contributed by atoms with E-state index in [-0.39, 0.29) is 0 Å². The second kappa shape index (κ2) is 20.6. The first-order valence-electron chi connectivity index (χ1n) is 18.4. The summed E-state index contributed by atoms with van der Waals surface area (Å²) in [4.78, 5) is 0. The van der Waals surface area contributed by atoms with Crippen LogP contribution in [0.1, 0.15) is 50.7 Å². The Balaban J connectivity index is 0.000000240. The van der Waals surface area contributed by atoms with Crippen molar-refractivity contribution in [1.82, 2.24) is 0 Å². The summed E-state index contributed by atoms with van der Waals surface area (Å²) in [5.74, 6) is 0.643. The van der Waals surface area contributed by atoms with E-state index < -0.39 is 37.0 Å². The van der Waals surface area contributed by atoms with E-state index in [2.05, 4.69) is 182 Å². The van der Waals surface area contributed by atoms with Crippen LogP contribution in [0.5, 0.6) is 0 Å². The third-order valence-electron chi connectivity index (χ3n) is 9.41. The van der Waals surface area contributed by atoms with Crippen LogP contribution in [0.3, 0.4) is 0 Å². The maximum atomic E-state index is 4.93. The van der Waals surface area contributed by atoms with Crippen LogP contribution in [0, 0.1) is 0 Å². The van der Waals surface area contributed by atoms with Crippen molar-refractivity contribution in [2.75, 3.05) is 0 Å². The van der Waals surface area contributed by atoms with Gasteiger partial charge in [-0.05, 0) is 29.9 Å². The Bertz CT molecular complexity index is 1900. The van der Waals surface area contributed by atoms with Crippen LogP contribution in [0.4, 0.5) is 0 Å². The molecule has 0 saturated carbocycles. The van der Waals surface area contributed by atoms with Gasteiger partial charge in [0.15, 0.2) is 0 Å². The van der Waals surface area contributed by atoms with Crippen molar-refractivity contribution < 1.29 is 20.8 Å². The molecule has 6 rings (SSSR count). The standard InChI is InChI=1S/C23H29Si.C20H23Si.C2H6Si.2ClH.Zr/c1-6-8-17(2)20-15-19-9-7-10-22(23(19)16-20)18-11-13-21(14-12-18)24(3,4)5;1-5-15-13-17-7-6-8-19(20(17)14-15)16-9-11-18(12-10-16)21(2,3)4;1-3-2;;;/h7,9-17H,6,8H2,1-5H3;6-14H,5H2,1-4H3;1-2H3;2*1H;/q2*-1;;;;+4/p-2. The normalized spacial score (nSPS) is 11.8. The third kappa shape index (κ3) is 12.4. The van der Waals surface area contributed by atoms with E-state index in [4.69, 9.17) is 17.0 Å². The second-order valence-electron chi connectivity index (χ2n) is 15.5. The fourth-order valence-electron chi connectivity index (χ4n) is 6.45. The van der Waals surface area contributed by atoms with Crippen molar-refractivity contribution in [3.63, 3.8) is 0 Å². The Hall–Kier alpha value is -1.79. The molecule has 0 amide bonds. The van der Waals surface area contributed by atoms with Gasteiger partial charge in [0, 0.05) is 9.52 Å². The zero-order chi connectivity index (χ0) is 37.8. The first kappa shape index (κ1) is 43.6. The molecule has 1 atom stereocenters. The van der Waals surface area contributed by atoms with Gasteiger partial charge in [0.1, 0.15) is 0 Å². The molecule has 0 aliphatic heterocycles. The SMILES string of the molecule is CCCC(C)c1cc2c(-c3ccc([Si](C)(C)C)cc3)cccc2[cH-]1.CCc1cc2c(-c3ccc([Si](C)(C)C)cc3)cccc2[cH-]1.C[Si]C.[Cl][Zr+2][Cl]. The van der Waals surface area contributed by atoms with Crippen molar-refractivity contribution in [1.29, 1.82) is 0 Å². The summed E-state index contributed by atoms with van der Waals surface area (Å²) >= 11 is -0.826. The Kier molecular flexibility index (Phi) is 17.6. The van der Waals surface area contributed by atoms with Crippen molar-refractivity contribution in [3.8, 4) is 22.3 Å². The summed E-state index contributed by atoms with van der Waals surface area (Å²) in [6, 6.07) is 41.3. The van der Waals surface area contributed by atoms with Gasteiger partial charge >= 0.3 is 37.9 Å². The van der Waals surface area contributed by atoms with Crippen molar-refractivity contribution in [2.45, 2.75) is 98.3 Å². The number of halogens is 2. The van der Waals surface area contributed by atoms with Gasteiger partial charge in [0.2, 0.25) is 0 Å². The molecular weight excluding hydrogens is 787 g/mol. The van der Waals surface area contributed by atoms with Crippen LogP contribution >= 0.6 is 17.0 Å². The summed E-state index contributed by atoms with van der Waals surface area (Å²) in [5, 5.41) is 8.57. The van der Waals surface area contributed by atoms with Crippen LogP contribution in [0.2, 0.25) is 52.4 Å². The van der Waals surface area contributed by atoms with E-state index in [1.165, 1.54) is 78.1 Å². The molecule has 6 aromatic rings. The number of fused-ring (bicyclic) bond motifs is 2. The summed E-state index contributed by atoms with van der Waals surface area (Å²) in [6.07, 6.45) is 3.60. The van der Waals surface area contributed by atoms with E-state index >= 15 is 0 Å². The molecule has 6 aromatic carbocycles. The molecule has 0 bridgehead atoms. The van der Waals surface area contributed by atoms with Crippen LogP contribution in [-0.4, -0.2) is 25.7 Å². The van der Waals surface area contributed by atoms with Crippen molar-refractivity contribution in [3.05, 3.63) is 120 Å². The molecule has 0 aromatic heterocycles. The van der Waals surface area contributed by atoms with Gasteiger partial charge in [-0.15, -0.1) is 69.1 Å². The molecule has 0 spiro atoms. The van der Waals surface area contributed by atoms with E-state index in [0.717, 1.165) is 15.9 Å². The predicted octanol–water partition coefficient (Wildman–Crippen LogP) is 14.2. The first-order chi connectivity index (χ1) is 24.2. The van der Waals surface area contributed by atoms with Crippen LogP contribution in [0.15, 0.2) is 109 Å². The molecule has 6 heteroatoms. The molecule has 0 fully saturated rings. The minimum absolute atomic E-state index is 0.643. The Morgan fingerprint density at radius 1 is 0.647 bits per heavy atom. The molecule has 0 aliphatic carbocycles. The Morgan fingerprint density at radius 2 is 1.06 bits per heavy atom. The first-order valence-corrected chi connectivity index (χ1v) is 33.7. The summed E-state index contributed by atoms with van der Waals surface area (Å²) in [6.45, 7) is 25.5. The number of benzene rings is 4. The van der Waals surface area contributed by atoms with Crippen molar-refractivity contribution in [2.24, 2.45) is 0 Å².